The van der Waals surface area contributed by atoms with Gasteiger partial charge in [-0.3, -0.25) is 4.79 Å². The molecule has 0 aliphatic carbocycles. The van der Waals surface area contributed by atoms with Crippen LogP contribution in [-0.2, 0) is 30.5 Å². The highest BCUT2D eigenvalue weighted by Crippen LogP contribution is 2.24. The Morgan fingerprint density at radius 2 is 1.63 bits per heavy atom. The summed E-state index contributed by atoms with van der Waals surface area (Å²) in [6.45, 7) is 1.80. The maximum Gasteiger partial charge on any atom is 0.251 e. The summed E-state index contributed by atoms with van der Waals surface area (Å²) in [4.78, 5) is 14.4. The minimum absolute atomic E-state index is 0.0315. The Labute approximate surface area is 224 Å². The van der Waals surface area contributed by atoms with Gasteiger partial charge in [0.05, 0.1) is 26.0 Å². The molecule has 0 saturated carbocycles. The van der Waals surface area contributed by atoms with E-state index >= 15 is 0 Å². The van der Waals surface area contributed by atoms with Gasteiger partial charge >= 0.3 is 0 Å². The van der Waals surface area contributed by atoms with Crippen LogP contribution in [0.5, 0.6) is 5.75 Å². The molecule has 4 aromatic rings. The third-order valence-corrected chi connectivity index (χ3v) is 6.44. The van der Waals surface area contributed by atoms with Crippen molar-refractivity contribution in [2.45, 2.75) is 38.6 Å². The largest absolute Gasteiger partial charge is 0.497 e. The molecular formula is C31H36N4O3. The SMILES string of the molecule is COCCn1nc(CCc2cccc(C(=O)NCCCCc3ccccc3)c2)c(-c2ccc(OC)cc2)n1. The number of ether oxygens (including phenoxy) is 2. The van der Waals surface area contributed by atoms with Gasteiger partial charge < -0.3 is 14.8 Å². The van der Waals surface area contributed by atoms with Crippen molar-refractivity contribution >= 4 is 5.91 Å². The second-order valence-electron chi connectivity index (χ2n) is 9.21. The molecule has 0 unspecified atom stereocenters. The molecule has 3 aromatic carbocycles. The summed E-state index contributed by atoms with van der Waals surface area (Å²) in [7, 11) is 3.32. The third-order valence-electron chi connectivity index (χ3n) is 6.44. The van der Waals surface area contributed by atoms with E-state index in [2.05, 4.69) is 35.6 Å². The standard InChI is InChI=1S/C31H36N4O3/c1-37-22-21-35-33-29(30(34-35)26-15-17-28(38-2)18-16-26)19-14-25-12-8-13-27(23-25)31(36)32-20-7-6-11-24-9-4-3-5-10-24/h3-5,8-10,12-13,15-18,23H,6-7,11,14,19-22H2,1-2H3,(H,32,36). The molecule has 1 aromatic heterocycles. The number of benzene rings is 3. The lowest BCUT2D eigenvalue weighted by molar-refractivity contribution is 0.0953. The molecule has 0 aliphatic heterocycles. The van der Waals surface area contributed by atoms with E-state index in [4.69, 9.17) is 19.7 Å². The van der Waals surface area contributed by atoms with Crippen LogP contribution in [0.2, 0.25) is 0 Å². The molecule has 0 bridgehead atoms. The Balaban J connectivity index is 1.34. The summed E-state index contributed by atoms with van der Waals surface area (Å²) in [5, 5.41) is 12.5. The zero-order valence-corrected chi connectivity index (χ0v) is 22.2. The summed E-state index contributed by atoms with van der Waals surface area (Å²) >= 11 is 0. The fraction of sp³-hybridized carbons (Fsp3) is 0.323. The van der Waals surface area contributed by atoms with Gasteiger partial charge in [0.15, 0.2) is 0 Å². The molecule has 0 aliphatic rings. The minimum Gasteiger partial charge on any atom is -0.497 e. The second kappa shape index (κ2) is 14.1. The lowest BCUT2D eigenvalue weighted by Gasteiger charge is -2.08. The summed E-state index contributed by atoms with van der Waals surface area (Å²) in [6.07, 6.45) is 4.49. The van der Waals surface area contributed by atoms with Crippen LogP contribution < -0.4 is 10.1 Å². The van der Waals surface area contributed by atoms with Gasteiger partial charge in [-0.05, 0) is 79.6 Å². The van der Waals surface area contributed by atoms with Crippen molar-refractivity contribution < 1.29 is 14.3 Å². The number of methoxy groups -OCH3 is 2. The first-order valence-electron chi connectivity index (χ1n) is 13.1. The molecule has 4 rings (SSSR count). The number of carbonyl (C=O) groups excluding carboxylic acids is 1. The lowest BCUT2D eigenvalue weighted by Crippen LogP contribution is -2.24. The Kier molecular flexibility index (Phi) is 10.0. The predicted octanol–water partition coefficient (Wildman–Crippen LogP) is 5.14. The van der Waals surface area contributed by atoms with E-state index in [0.717, 1.165) is 53.9 Å². The number of amides is 1. The number of unbranched alkanes of at least 4 members (excludes halogenated alkanes) is 1. The summed E-state index contributed by atoms with van der Waals surface area (Å²) < 4.78 is 10.5. The Morgan fingerprint density at radius 3 is 2.39 bits per heavy atom. The molecule has 198 valence electrons. The van der Waals surface area contributed by atoms with E-state index in [1.807, 2.05) is 48.5 Å². The second-order valence-corrected chi connectivity index (χ2v) is 9.21. The molecule has 38 heavy (non-hydrogen) atoms. The molecule has 0 radical (unpaired) electrons. The highest BCUT2D eigenvalue weighted by atomic mass is 16.5. The molecule has 1 N–H and O–H groups in total. The Hall–Kier alpha value is -3.97. The van der Waals surface area contributed by atoms with Crippen LogP contribution >= 0.6 is 0 Å². The number of carbonyl (C=O) groups is 1. The van der Waals surface area contributed by atoms with Crippen molar-refractivity contribution in [3.05, 3.63) is 101 Å². The summed E-state index contributed by atoms with van der Waals surface area (Å²) in [5.74, 6) is 0.768. The zero-order valence-electron chi connectivity index (χ0n) is 22.2. The van der Waals surface area contributed by atoms with Gasteiger partial charge in [-0.1, -0.05) is 42.5 Å². The van der Waals surface area contributed by atoms with Crippen molar-refractivity contribution in [1.29, 1.82) is 0 Å². The van der Waals surface area contributed by atoms with Gasteiger partial charge in [-0.15, -0.1) is 0 Å². The molecule has 0 spiro atoms. The number of aromatic nitrogens is 3. The average Bonchev–Trinajstić information content (AvgIpc) is 3.38. The van der Waals surface area contributed by atoms with Crippen LogP contribution in [0.1, 0.15) is 40.0 Å². The first kappa shape index (κ1) is 27.1. The maximum absolute atomic E-state index is 12.7. The maximum atomic E-state index is 12.7. The van der Waals surface area contributed by atoms with Gasteiger partial charge in [0.25, 0.3) is 5.91 Å². The monoisotopic (exact) mass is 512 g/mol. The van der Waals surface area contributed by atoms with Crippen LogP contribution in [-0.4, -0.2) is 48.3 Å². The third kappa shape index (κ3) is 7.76. The number of aryl methyl sites for hydroxylation is 3. The molecule has 0 atom stereocenters. The van der Waals surface area contributed by atoms with Crippen LogP contribution in [0, 0.1) is 0 Å². The number of hydrogen-bond acceptors (Lipinski definition) is 5. The Morgan fingerprint density at radius 1 is 0.842 bits per heavy atom. The van der Waals surface area contributed by atoms with E-state index in [0.29, 0.717) is 31.7 Å². The Bertz CT molecular complexity index is 1290. The van der Waals surface area contributed by atoms with Crippen LogP contribution in [0.15, 0.2) is 78.9 Å². The molecule has 0 fully saturated rings. The molecule has 0 saturated heterocycles. The minimum atomic E-state index is -0.0315. The van der Waals surface area contributed by atoms with Crippen molar-refractivity contribution in [1.82, 2.24) is 20.3 Å². The number of nitrogens with zero attached hydrogens (tertiary/aromatic N) is 3. The number of nitrogens with one attached hydrogen (secondary N) is 1. The zero-order chi connectivity index (χ0) is 26.6. The predicted molar refractivity (Wildman–Crippen MR) is 149 cm³/mol. The lowest BCUT2D eigenvalue weighted by atomic mass is 10.0. The highest BCUT2D eigenvalue weighted by Gasteiger charge is 2.14. The number of hydrogen-bond donors (Lipinski definition) is 1. The van der Waals surface area contributed by atoms with Gasteiger partial charge in [0.2, 0.25) is 0 Å². The van der Waals surface area contributed by atoms with Gasteiger partial charge in [0, 0.05) is 24.8 Å². The van der Waals surface area contributed by atoms with Crippen LogP contribution in [0.25, 0.3) is 11.3 Å². The molecule has 1 heterocycles. The van der Waals surface area contributed by atoms with Crippen molar-refractivity contribution in [3.63, 3.8) is 0 Å². The van der Waals surface area contributed by atoms with Crippen molar-refractivity contribution in [3.8, 4) is 17.0 Å². The first-order chi connectivity index (χ1) is 18.7. The highest BCUT2D eigenvalue weighted by molar-refractivity contribution is 5.94. The van der Waals surface area contributed by atoms with Crippen LogP contribution in [0.4, 0.5) is 0 Å². The van der Waals surface area contributed by atoms with E-state index in [-0.39, 0.29) is 5.91 Å². The van der Waals surface area contributed by atoms with E-state index in [1.165, 1.54) is 5.56 Å². The summed E-state index contributed by atoms with van der Waals surface area (Å²) in [5.41, 5.74) is 5.87. The van der Waals surface area contributed by atoms with Gasteiger partial charge in [-0.25, -0.2) is 0 Å². The molecular weight excluding hydrogens is 476 g/mol. The normalized spacial score (nSPS) is 10.9. The van der Waals surface area contributed by atoms with Gasteiger partial charge in [0.1, 0.15) is 11.4 Å². The topological polar surface area (TPSA) is 78.3 Å². The quantitative estimate of drug-likeness (QED) is 0.237. The average molecular weight is 513 g/mol. The van der Waals surface area contributed by atoms with Crippen LogP contribution in [0.3, 0.4) is 0 Å². The smallest absolute Gasteiger partial charge is 0.251 e. The fourth-order valence-corrected chi connectivity index (χ4v) is 4.33. The van der Waals surface area contributed by atoms with Gasteiger partial charge in [-0.2, -0.15) is 15.0 Å². The summed E-state index contributed by atoms with van der Waals surface area (Å²) in [6, 6.07) is 26.1. The van der Waals surface area contributed by atoms with Crippen molar-refractivity contribution in [2.24, 2.45) is 0 Å². The molecule has 7 nitrogen and oxygen atoms in total. The van der Waals surface area contributed by atoms with E-state index in [9.17, 15) is 4.79 Å². The van der Waals surface area contributed by atoms with E-state index in [1.54, 1.807) is 19.0 Å². The molecule has 7 heteroatoms. The first-order valence-corrected chi connectivity index (χ1v) is 13.1. The fourth-order valence-electron chi connectivity index (χ4n) is 4.33. The van der Waals surface area contributed by atoms with Crippen molar-refractivity contribution in [2.75, 3.05) is 27.4 Å². The molecule has 1 amide bonds. The number of rotatable bonds is 14. The van der Waals surface area contributed by atoms with E-state index < -0.39 is 0 Å².